The van der Waals surface area contributed by atoms with Gasteiger partial charge in [0.15, 0.2) is 11.5 Å². The van der Waals surface area contributed by atoms with E-state index in [1.807, 2.05) is 13.8 Å². The summed E-state index contributed by atoms with van der Waals surface area (Å²) in [6, 6.07) is 4.54. The zero-order valence-corrected chi connectivity index (χ0v) is 16.1. The number of aromatic nitrogens is 3. The Labute approximate surface area is 159 Å². The monoisotopic (exact) mass is 406 g/mol. The van der Waals surface area contributed by atoms with Gasteiger partial charge >= 0.3 is 7.60 Å². The van der Waals surface area contributed by atoms with Gasteiger partial charge in [0, 0.05) is 6.54 Å². The summed E-state index contributed by atoms with van der Waals surface area (Å²) in [4.78, 5) is 50.7. The minimum absolute atomic E-state index is 0.0107. The van der Waals surface area contributed by atoms with Crippen molar-refractivity contribution in [1.29, 1.82) is 0 Å². The maximum atomic E-state index is 12.3. The molecule has 3 rings (SSSR count). The molecule has 0 fully saturated rings. The third kappa shape index (κ3) is 4.19. The van der Waals surface area contributed by atoms with Crippen molar-refractivity contribution in [1.82, 2.24) is 19.9 Å². The minimum Gasteiger partial charge on any atom is -0.493 e. The molecule has 2 aliphatic heterocycles. The highest BCUT2D eigenvalue weighted by Crippen LogP contribution is 2.32. The number of rotatable bonds is 5. The van der Waals surface area contributed by atoms with Crippen LogP contribution >= 0.6 is 7.60 Å². The van der Waals surface area contributed by atoms with Crippen LogP contribution in [-0.4, -0.2) is 48.0 Å². The van der Waals surface area contributed by atoms with E-state index in [9.17, 15) is 19.3 Å². The van der Waals surface area contributed by atoms with E-state index in [-0.39, 0.29) is 24.6 Å². The van der Waals surface area contributed by atoms with Gasteiger partial charge in [-0.3, -0.25) is 14.2 Å². The SMILES string of the molecule is Cc1cc2nc3c(=O)cc(O)nc-3n(CC(=O)NCCP(=O)(O)O)c2cc1C. The van der Waals surface area contributed by atoms with Gasteiger partial charge in [-0.05, 0) is 37.1 Å². The van der Waals surface area contributed by atoms with Gasteiger partial charge in [0.05, 0.1) is 23.3 Å². The van der Waals surface area contributed by atoms with Crippen molar-refractivity contribution >= 4 is 24.5 Å². The molecule has 0 aliphatic carbocycles. The zero-order valence-electron chi connectivity index (χ0n) is 15.2. The second kappa shape index (κ2) is 7.31. The molecule has 1 amide bonds. The molecule has 28 heavy (non-hydrogen) atoms. The van der Waals surface area contributed by atoms with E-state index in [0.717, 1.165) is 17.2 Å². The fraction of sp³-hybridized carbons (Fsp3) is 0.294. The molecule has 0 spiro atoms. The third-order valence-electron chi connectivity index (χ3n) is 4.32. The highest BCUT2D eigenvalue weighted by Gasteiger charge is 2.21. The van der Waals surface area contributed by atoms with E-state index in [1.54, 1.807) is 12.1 Å². The van der Waals surface area contributed by atoms with Crippen molar-refractivity contribution in [3.05, 3.63) is 39.5 Å². The van der Waals surface area contributed by atoms with Gasteiger partial charge in [0.1, 0.15) is 6.54 Å². The first-order valence-electron chi connectivity index (χ1n) is 8.38. The predicted molar refractivity (Wildman–Crippen MR) is 101 cm³/mol. The summed E-state index contributed by atoms with van der Waals surface area (Å²) in [7, 11) is -4.23. The number of nitrogens with zero attached hydrogens (tertiary/aromatic N) is 3. The molecular formula is C17H19N4O6P. The van der Waals surface area contributed by atoms with Gasteiger partial charge in [-0.15, -0.1) is 0 Å². The molecule has 4 N–H and O–H groups in total. The number of hydrogen-bond acceptors (Lipinski definition) is 6. The maximum absolute atomic E-state index is 12.3. The molecule has 10 nitrogen and oxygen atoms in total. The van der Waals surface area contributed by atoms with Crippen LogP contribution in [0, 0.1) is 13.8 Å². The standard InChI is InChI=1S/C17H19N4O6P/c1-9-5-11-12(6-10(9)2)21(8-15(24)18-3-4-28(25,26)27)17-16(19-11)13(22)7-14(23)20-17/h5-7,23H,3-4,8H2,1-2H3,(H,18,24)(H2,25,26,27). The number of carbonyl (C=O) groups is 1. The molecular weight excluding hydrogens is 387 g/mol. The summed E-state index contributed by atoms with van der Waals surface area (Å²) >= 11 is 0. The zero-order chi connectivity index (χ0) is 20.6. The van der Waals surface area contributed by atoms with Crippen molar-refractivity contribution in [2.24, 2.45) is 0 Å². The number of pyridine rings is 1. The van der Waals surface area contributed by atoms with Crippen molar-refractivity contribution in [2.75, 3.05) is 12.7 Å². The molecule has 0 atom stereocenters. The number of nitrogens with one attached hydrogen (secondary N) is 1. The Hall–Kier alpha value is -2.81. The lowest BCUT2D eigenvalue weighted by Gasteiger charge is -2.18. The average Bonchev–Trinajstić information content (AvgIpc) is 2.56. The molecule has 0 saturated heterocycles. The van der Waals surface area contributed by atoms with Crippen LogP contribution in [0.5, 0.6) is 5.88 Å². The van der Waals surface area contributed by atoms with Crippen LogP contribution in [0.2, 0.25) is 0 Å². The van der Waals surface area contributed by atoms with Crippen molar-refractivity contribution in [2.45, 2.75) is 20.4 Å². The summed E-state index contributed by atoms with van der Waals surface area (Å²) in [5, 5.41) is 12.2. The molecule has 0 unspecified atom stereocenters. The largest absolute Gasteiger partial charge is 0.493 e. The summed E-state index contributed by atoms with van der Waals surface area (Å²) in [6.07, 6.45) is -0.483. The minimum atomic E-state index is -4.23. The number of fused-ring (bicyclic) bond motifs is 2. The molecule has 2 aliphatic rings. The molecule has 148 valence electrons. The lowest BCUT2D eigenvalue weighted by Crippen LogP contribution is -2.31. The maximum Gasteiger partial charge on any atom is 0.327 e. The lowest BCUT2D eigenvalue weighted by molar-refractivity contribution is -0.121. The first-order valence-corrected chi connectivity index (χ1v) is 10.2. The number of hydrogen-bond donors (Lipinski definition) is 4. The van der Waals surface area contributed by atoms with Gasteiger partial charge in [-0.2, -0.15) is 4.98 Å². The van der Waals surface area contributed by atoms with Crippen LogP contribution in [0.4, 0.5) is 0 Å². The first-order chi connectivity index (χ1) is 13.0. The highest BCUT2D eigenvalue weighted by molar-refractivity contribution is 7.51. The average molecular weight is 406 g/mol. The fourth-order valence-corrected chi connectivity index (χ4v) is 3.21. The molecule has 2 heterocycles. The number of aromatic hydroxyl groups is 1. The summed E-state index contributed by atoms with van der Waals surface area (Å²) < 4.78 is 12.4. The molecule has 0 radical (unpaired) electrons. The third-order valence-corrected chi connectivity index (χ3v) is 5.13. The highest BCUT2D eigenvalue weighted by atomic mass is 31.2. The van der Waals surface area contributed by atoms with E-state index in [0.29, 0.717) is 11.0 Å². The number of benzene rings is 1. The molecule has 1 aromatic rings. The van der Waals surface area contributed by atoms with Crippen molar-refractivity contribution in [3.8, 4) is 17.4 Å². The number of aryl methyl sites for hydroxylation is 2. The fourth-order valence-electron chi connectivity index (χ4n) is 2.81. The van der Waals surface area contributed by atoms with Crippen LogP contribution in [0.15, 0.2) is 23.0 Å². The first kappa shape index (κ1) is 19.9. The molecule has 0 bridgehead atoms. The van der Waals surface area contributed by atoms with Crippen LogP contribution in [0.25, 0.3) is 22.6 Å². The van der Waals surface area contributed by atoms with Crippen molar-refractivity contribution in [3.63, 3.8) is 0 Å². The molecule has 0 saturated carbocycles. The molecule has 0 aromatic heterocycles. The van der Waals surface area contributed by atoms with E-state index in [1.165, 1.54) is 4.57 Å². The number of amides is 1. The Morgan fingerprint density at radius 3 is 2.54 bits per heavy atom. The van der Waals surface area contributed by atoms with Gasteiger partial charge in [-0.1, -0.05) is 0 Å². The van der Waals surface area contributed by atoms with E-state index >= 15 is 0 Å². The predicted octanol–water partition coefficient (Wildman–Crippen LogP) is 0.513. The van der Waals surface area contributed by atoms with Crippen LogP contribution in [0.3, 0.4) is 0 Å². The Kier molecular flexibility index (Phi) is 5.20. The second-order valence-corrected chi connectivity index (χ2v) is 8.29. The van der Waals surface area contributed by atoms with E-state index < -0.39 is 31.0 Å². The van der Waals surface area contributed by atoms with Gasteiger partial charge in [0.2, 0.25) is 17.2 Å². The Morgan fingerprint density at radius 1 is 1.18 bits per heavy atom. The summed E-state index contributed by atoms with van der Waals surface area (Å²) in [5.41, 5.74) is 2.40. The topological polar surface area (TPSA) is 155 Å². The Balaban J connectivity index is 2.09. The quantitative estimate of drug-likeness (QED) is 0.353. The summed E-state index contributed by atoms with van der Waals surface area (Å²) in [5.74, 6) is -0.966. The normalized spacial score (nSPS) is 11.9. The van der Waals surface area contributed by atoms with Crippen LogP contribution < -0.4 is 10.7 Å². The van der Waals surface area contributed by atoms with Crippen molar-refractivity contribution < 1.29 is 24.3 Å². The Morgan fingerprint density at radius 2 is 1.86 bits per heavy atom. The van der Waals surface area contributed by atoms with Gasteiger partial charge in [0.25, 0.3) is 0 Å². The second-order valence-electron chi connectivity index (χ2n) is 6.51. The van der Waals surface area contributed by atoms with E-state index in [4.69, 9.17) is 9.79 Å². The van der Waals surface area contributed by atoms with Gasteiger partial charge < -0.3 is 24.8 Å². The number of carbonyl (C=O) groups excluding carboxylic acids is 1. The lowest BCUT2D eigenvalue weighted by atomic mass is 10.1. The van der Waals surface area contributed by atoms with Crippen LogP contribution in [-0.2, 0) is 15.9 Å². The van der Waals surface area contributed by atoms with E-state index in [2.05, 4.69) is 15.3 Å². The van der Waals surface area contributed by atoms with Gasteiger partial charge in [-0.25, -0.2) is 4.98 Å². The molecule has 11 heteroatoms. The molecule has 1 aromatic carbocycles. The summed E-state index contributed by atoms with van der Waals surface area (Å²) in [6.45, 7) is 3.31. The smallest absolute Gasteiger partial charge is 0.327 e. The van der Waals surface area contributed by atoms with Crippen LogP contribution in [0.1, 0.15) is 11.1 Å². The Bertz CT molecular complexity index is 1150.